The van der Waals surface area contributed by atoms with Gasteiger partial charge in [0, 0.05) is 24.2 Å². The summed E-state index contributed by atoms with van der Waals surface area (Å²) in [7, 11) is 0. The molecule has 1 aromatic heterocycles. The highest BCUT2D eigenvalue weighted by Gasteiger charge is 2.47. The van der Waals surface area contributed by atoms with Crippen molar-refractivity contribution in [2.75, 3.05) is 18.8 Å². The number of aryl methyl sites for hydroxylation is 1. The Bertz CT molecular complexity index is 1260. The summed E-state index contributed by atoms with van der Waals surface area (Å²) in [6, 6.07) is 9.24. The highest BCUT2D eigenvalue weighted by atomic mass is 19.3. The summed E-state index contributed by atoms with van der Waals surface area (Å²) >= 11 is 0. The number of hydrogen-bond acceptors (Lipinski definition) is 5. The van der Waals surface area contributed by atoms with Crippen LogP contribution in [0, 0.1) is 12.7 Å². The average Bonchev–Trinajstić information content (AvgIpc) is 3.32. The van der Waals surface area contributed by atoms with Crippen LogP contribution in [0.2, 0.25) is 0 Å². The summed E-state index contributed by atoms with van der Waals surface area (Å²) in [5, 5.41) is 9.52. The smallest absolute Gasteiger partial charge is 0.283 e. The van der Waals surface area contributed by atoms with Crippen molar-refractivity contribution < 1.29 is 22.8 Å². The fourth-order valence-corrected chi connectivity index (χ4v) is 3.93. The van der Waals surface area contributed by atoms with Crippen LogP contribution in [0.15, 0.2) is 42.5 Å². The van der Waals surface area contributed by atoms with Crippen molar-refractivity contribution >= 4 is 17.6 Å². The minimum atomic E-state index is -3.09. The van der Waals surface area contributed by atoms with Crippen molar-refractivity contribution in [3.05, 3.63) is 70.5 Å². The summed E-state index contributed by atoms with van der Waals surface area (Å²) in [6.45, 7) is 1.30. The van der Waals surface area contributed by atoms with Crippen LogP contribution in [0.5, 0.6) is 0 Å². The molecule has 1 saturated heterocycles. The minimum Gasteiger partial charge on any atom is -0.383 e. The lowest BCUT2D eigenvalue weighted by Gasteiger charge is -2.19. The molecule has 2 aromatic carbocycles. The highest BCUT2D eigenvalue weighted by Crippen LogP contribution is 2.37. The number of hydrogen-bond donors (Lipinski definition) is 4. The predicted octanol–water partition coefficient (Wildman–Crippen LogP) is 2.39. The summed E-state index contributed by atoms with van der Waals surface area (Å²) in [5.74, 6) is -5.12. The molecule has 11 heteroatoms. The van der Waals surface area contributed by atoms with Crippen molar-refractivity contribution in [3.8, 4) is 11.3 Å². The maximum absolute atomic E-state index is 14.2. The SMILES string of the molecule is Cc1ccc(F)cc1C(=O)NCc1ccc(-c2nn(C3CNCC3(F)F)c(N)c2C(N)=O)cc1. The molecule has 1 fully saturated rings. The number of carbonyl (C=O) groups is 2. The molecule has 178 valence electrons. The van der Waals surface area contributed by atoms with Crippen LogP contribution in [-0.2, 0) is 6.54 Å². The number of alkyl halides is 2. The van der Waals surface area contributed by atoms with Crippen LogP contribution < -0.4 is 22.1 Å². The molecule has 2 amide bonds. The van der Waals surface area contributed by atoms with Gasteiger partial charge in [-0.3, -0.25) is 9.59 Å². The van der Waals surface area contributed by atoms with E-state index in [1.165, 1.54) is 18.2 Å². The molecule has 6 N–H and O–H groups in total. The Balaban J connectivity index is 1.56. The number of rotatable bonds is 6. The number of halogens is 3. The van der Waals surface area contributed by atoms with E-state index in [0.29, 0.717) is 16.7 Å². The number of primary amides is 1. The van der Waals surface area contributed by atoms with Gasteiger partial charge in [-0.15, -0.1) is 0 Å². The Hall–Kier alpha value is -3.86. The molecule has 4 rings (SSSR count). The molecule has 1 atom stereocenters. The fraction of sp³-hybridized carbons (Fsp3) is 0.261. The van der Waals surface area contributed by atoms with Crippen molar-refractivity contribution in [1.29, 1.82) is 0 Å². The second-order valence-electron chi connectivity index (χ2n) is 8.16. The van der Waals surface area contributed by atoms with Crippen LogP contribution in [0.3, 0.4) is 0 Å². The molecule has 0 bridgehead atoms. The zero-order chi connectivity index (χ0) is 24.6. The van der Waals surface area contributed by atoms with Gasteiger partial charge in [-0.1, -0.05) is 30.3 Å². The number of nitrogens with zero attached hydrogens (tertiary/aromatic N) is 2. The third kappa shape index (κ3) is 4.34. The quantitative estimate of drug-likeness (QED) is 0.438. The number of aromatic nitrogens is 2. The van der Waals surface area contributed by atoms with E-state index in [0.717, 1.165) is 4.68 Å². The molecular weight excluding hydrogens is 449 g/mol. The van der Waals surface area contributed by atoms with E-state index >= 15 is 0 Å². The molecular formula is C23H23F3N6O2. The van der Waals surface area contributed by atoms with Crippen molar-refractivity contribution in [1.82, 2.24) is 20.4 Å². The number of carbonyl (C=O) groups excluding carboxylic acids is 2. The van der Waals surface area contributed by atoms with Crippen LogP contribution in [-0.4, -0.2) is 40.6 Å². The van der Waals surface area contributed by atoms with Gasteiger partial charge in [0.2, 0.25) is 0 Å². The zero-order valence-corrected chi connectivity index (χ0v) is 18.2. The molecule has 8 nitrogen and oxygen atoms in total. The lowest BCUT2D eigenvalue weighted by molar-refractivity contribution is -0.0188. The van der Waals surface area contributed by atoms with Crippen LogP contribution in [0.1, 0.15) is 37.9 Å². The second kappa shape index (κ2) is 8.82. The van der Waals surface area contributed by atoms with Crippen molar-refractivity contribution in [3.63, 3.8) is 0 Å². The summed E-state index contributed by atoms with van der Waals surface area (Å²) < 4.78 is 42.9. The van der Waals surface area contributed by atoms with Crippen molar-refractivity contribution in [2.45, 2.75) is 25.4 Å². The van der Waals surface area contributed by atoms with Gasteiger partial charge in [-0.25, -0.2) is 17.9 Å². The van der Waals surface area contributed by atoms with E-state index in [9.17, 15) is 22.8 Å². The first-order valence-corrected chi connectivity index (χ1v) is 10.5. The van der Waals surface area contributed by atoms with E-state index in [1.807, 2.05) is 0 Å². The Morgan fingerprint density at radius 2 is 1.94 bits per heavy atom. The van der Waals surface area contributed by atoms with Gasteiger partial charge in [0.15, 0.2) is 0 Å². The minimum absolute atomic E-state index is 0.0556. The van der Waals surface area contributed by atoms with Crippen LogP contribution >= 0.6 is 0 Å². The normalized spacial score (nSPS) is 17.0. The first-order chi connectivity index (χ1) is 16.1. The lowest BCUT2D eigenvalue weighted by Crippen LogP contribution is -2.31. The average molecular weight is 472 g/mol. The number of nitrogens with one attached hydrogen (secondary N) is 2. The van der Waals surface area contributed by atoms with Crippen molar-refractivity contribution in [2.24, 2.45) is 5.73 Å². The molecule has 0 spiro atoms. The highest BCUT2D eigenvalue weighted by molar-refractivity contribution is 6.03. The molecule has 1 unspecified atom stereocenters. The largest absolute Gasteiger partial charge is 0.383 e. The molecule has 2 heterocycles. The summed E-state index contributed by atoms with van der Waals surface area (Å²) in [4.78, 5) is 24.4. The molecule has 3 aromatic rings. The Morgan fingerprint density at radius 1 is 1.24 bits per heavy atom. The first kappa shape index (κ1) is 23.3. The number of nitrogens with two attached hydrogens (primary N) is 2. The maximum atomic E-state index is 14.2. The fourth-order valence-electron chi connectivity index (χ4n) is 3.93. The zero-order valence-electron chi connectivity index (χ0n) is 18.2. The molecule has 1 aliphatic heterocycles. The molecule has 0 saturated carbocycles. The van der Waals surface area contributed by atoms with Crippen LogP contribution in [0.4, 0.5) is 19.0 Å². The second-order valence-corrected chi connectivity index (χ2v) is 8.16. The number of anilines is 1. The van der Waals surface area contributed by atoms with Crippen LogP contribution in [0.25, 0.3) is 11.3 Å². The molecule has 1 aliphatic rings. The third-order valence-electron chi connectivity index (χ3n) is 5.80. The van der Waals surface area contributed by atoms with E-state index in [2.05, 4.69) is 15.7 Å². The Morgan fingerprint density at radius 3 is 2.56 bits per heavy atom. The predicted molar refractivity (Wildman–Crippen MR) is 120 cm³/mol. The topological polar surface area (TPSA) is 128 Å². The number of benzene rings is 2. The lowest BCUT2D eigenvalue weighted by atomic mass is 10.0. The van der Waals surface area contributed by atoms with Gasteiger partial charge in [0.05, 0.1) is 6.54 Å². The maximum Gasteiger partial charge on any atom is 0.283 e. The summed E-state index contributed by atoms with van der Waals surface area (Å²) in [5.41, 5.74) is 13.5. The monoisotopic (exact) mass is 472 g/mol. The van der Waals surface area contributed by atoms with E-state index in [-0.39, 0.29) is 35.7 Å². The van der Waals surface area contributed by atoms with Gasteiger partial charge in [-0.05, 0) is 30.2 Å². The molecule has 0 radical (unpaired) electrons. The van der Waals surface area contributed by atoms with Gasteiger partial charge < -0.3 is 22.1 Å². The Kier molecular flexibility index (Phi) is 6.05. The third-order valence-corrected chi connectivity index (χ3v) is 5.80. The first-order valence-electron chi connectivity index (χ1n) is 10.5. The van der Waals surface area contributed by atoms with Gasteiger partial charge in [-0.2, -0.15) is 5.10 Å². The van der Waals surface area contributed by atoms with Gasteiger partial charge >= 0.3 is 0 Å². The standard InChI is InChI=1S/C23H23F3N6O2/c1-12-2-7-15(24)8-16(12)22(34)30-9-13-3-5-14(6-4-13)19-18(21(28)33)20(27)32(31-19)17-10-29-11-23(17,25)26/h2-8,17,29H,9-11,27H2,1H3,(H2,28,33)(H,30,34). The van der Waals surface area contributed by atoms with E-state index in [4.69, 9.17) is 11.5 Å². The van der Waals surface area contributed by atoms with Gasteiger partial charge in [0.25, 0.3) is 17.7 Å². The molecule has 0 aliphatic carbocycles. The van der Waals surface area contributed by atoms with E-state index < -0.39 is 36.1 Å². The Labute approximate surface area is 193 Å². The van der Waals surface area contributed by atoms with Gasteiger partial charge in [0.1, 0.15) is 28.9 Å². The van der Waals surface area contributed by atoms with E-state index in [1.54, 1.807) is 31.2 Å². The number of nitrogen functional groups attached to an aromatic ring is 1. The molecule has 34 heavy (non-hydrogen) atoms. The number of amides is 2. The summed E-state index contributed by atoms with van der Waals surface area (Å²) in [6.07, 6.45) is 0.